The molecular formula is C52H62N4O9S2. The zero-order valence-electron chi connectivity index (χ0n) is 38.5. The zero-order chi connectivity index (χ0) is 48.7. The second-order valence-electron chi connectivity index (χ2n) is 17.6. The lowest BCUT2D eigenvalue weighted by Gasteiger charge is -2.35. The number of aliphatic carboxylic acids is 1. The van der Waals surface area contributed by atoms with E-state index in [4.69, 9.17) is 4.74 Å². The van der Waals surface area contributed by atoms with Crippen LogP contribution in [-0.4, -0.2) is 97.1 Å². The van der Waals surface area contributed by atoms with E-state index < -0.39 is 76.9 Å². The Morgan fingerprint density at radius 1 is 0.746 bits per heavy atom. The van der Waals surface area contributed by atoms with Gasteiger partial charge in [-0.25, -0.2) is 4.79 Å². The van der Waals surface area contributed by atoms with Crippen molar-refractivity contribution in [3.63, 3.8) is 0 Å². The van der Waals surface area contributed by atoms with Crippen LogP contribution in [0.3, 0.4) is 0 Å². The number of rotatable bonds is 22. The fourth-order valence-corrected chi connectivity index (χ4v) is 9.59. The lowest BCUT2D eigenvalue weighted by atomic mass is 9.84. The van der Waals surface area contributed by atoms with E-state index in [1.54, 1.807) is 82.9 Å². The first kappa shape index (κ1) is 52.1. The van der Waals surface area contributed by atoms with E-state index in [1.807, 2.05) is 60.7 Å². The number of nitrogens with one attached hydrogen (secondary N) is 3. The number of benzene rings is 4. The van der Waals surface area contributed by atoms with Gasteiger partial charge in [-0.05, 0) is 67.2 Å². The van der Waals surface area contributed by atoms with E-state index in [9.17, 15) is 39.3 Å². The zero-order valence-corrected chi connectivity index (χ0v) is 40.2. The van der Waals surface area contributed by atoms with Gasteiger partial charge >= 0.3 is 12.1 Å². The number of carboxylic acids is 1. The summed E-state index contributed by atoms with van der Waals surface area (Å²) in [4.78, 5) is 66.1. The standard InChI is InChI=1S/C52H62N4O9S2/c1-34(2)47(44(58)31-46(60)61)55-49(63)42(33-66)54-48(62)41(29-35-32-56(50(64)65-51(3,4)5)43-27-16-15-26-40(35)43)53-45(59)30-39(57)25-17-18-28-67-52(36-19-9-6-10-20-36,37-21-11-7-12-22-37)38-23-13-8-14-24-38/h6-17,19-27,32,34,39,41-42,44,47,57-58,66H,18,28-31,33H2,1-5H3,(H,53,59)(H,54,62)(H,55,63)(H,60,61)/b25-17+/t39-,41-,42-,44+,47-/m1/s1. The Morgan fingerprint density at radius 3 is 1.81 bits per heavy atom. The number of aromatic nitrogens is 1. The molecule has 0 bridgehead atoms. The summed E-state index contributed by atoms with van der Waals surface area (Å²) in [5.74, 6) is -3.25. The second kappa shape index (κ2) is 24.2. The molecule has 0 fully saturated rings. The van der Waals surface area contributed by atoms with E-state index in [1.165, 1.54) is 4.57 Å². The minimum Gasteiger partial charge on any atom is -0.481 e. The van der Waals surface area contributed by atoms with Gasteiger partial charge in [0.15, 0.2) is 0 Å². The molecule has 15 heteroatoms. The maximum atomic E-state index is 14.2. The average Bonchev–Trinajstić information content (AvgIpc) is 3.66. The van der Waals surface area contributed by atoms with Gasteiger partial charge in [-0.15, -0.1) is 11.8 Å². The van der Waals surface area contributed by atoms with Crippen LogP contribution in [0.5, 0.6) is 0 Å². The number of carbonyl (C=O) groups is 5. The fourth-order valence-electron chi connectivity index (χ4n) is 7.86. The molecule has 0 spiro atoms. The highest BCUT2D eigenvalue weighted by Gasteiger charge is 2.37. The smallest absolute Gasteiger partial charge is 0.419 e. The van der Waals surface area contributed by atoms with Crippen molar-refractivity contribution in [2.24, 2.45) is 5.92 Å². The number of thioether (sulfide) groups is 1. The topological polar surface area (TPSA) is 196 Å². The van der Waals surface area contributed by atoms with Gasteiger partial charge in [-0.2, -0.15) is 12.6 Å². The number of thiol groups is 1. The molecule has 0 radical (unpaired) electrons. The number of amides is 3. The van der Waals surface area contributed by atoms with Crippen molar-refractivity contribution in [3.8, 4) is 0 Å². The van der Waals surface area contributed by atoms with Gasteiger partial charge in [0.1, 0.15) is 17.7 Å². The number of carboxylic acid groups (broad SMARTS) is 1. The molecule has 13 nitrogen and oxygen atoms in total. The van der Waals surface area contributed by atoms with Gasteiger partial charge in [-0.3, -0.25) is 23.7 Å². The van der Waals surface area contributed by atoms with Crippen LogP contribution in [0.25, 0.3) is 10.9 Å². The number of para-hydroxylation sites is 1. The van der Waals surface area contributed by atoms with Crippen molar-refractivity contribution in [3.05, 3.63) is 156 Å². The molecule has 0 saturated heterocycles. The van der Waals surface area contributed by atoms with Crippen LogP contribution in [0, 0.1) is 5.92 Å². The third-order valence-corrected chi connectivity index (χ3v) is 12.9. The average molecular weight is 951 g/mol. The summed E-state index contributed by atoms with van der Waals surface area (Å²) in [5.41, 5.74) is 3.60. The van der Waals surface area contributed by atoms with Gasteiger partial charge in [0, 0.05) is 23.8 Å². The van der Waals surface area contributed by atoms with Crippen molar-refractivity contribution < 1.29 is 44.0 Å². The third kappa shape index (κ3) is 14.3. The van der Waals surface area contributed by atoms with Crippen molar-refractivity contribution in [1.29, 1.82) is 0 Å². The number of fused-ring (bicyclic) bond motifs is 1. The van der Waals surface area contributed by atoms with Gasteiger partial charge < -0.3 is 36.0 Å². The van der Waals surface area contributed by atoms with Crippen LogP contribution < -0.4 is 16.0 Å². The Kier molecular flexibility index (Phi) is 18.9. The number of hydrogen-bond acceptors (Lipinski definition) is 10. The number of aliphatic hydroxyl groups is 2. The summed E-state index contributed by atoms with van der Waals surface area (Å²) in [5, 5.41) is 39.6. The third-order valence-electron chi connectivity index (χ3n) is 11.0. The van der Waals surface area contributed by atoms with Crippen LogP contribution in [0.1, 0.15) is 76.1 Å². The molecule has 0 unspecified atom stereocenters. The summed E-state index contributed by atoms with van der Waals surface area (Å²) < 4.78 is 6.46. The lowest BCUT2D eigenvalue weighted by Crippen LogP contribution is -2.58. The highest BCUT2D eigenvalue weighted by atomic mass is 32.2. The van der Waals surface area contributed by atoms with E-state index in [0.29, 0.717) is 28.6 Å². The molecule has 1 heterocycles. The molecule has 0 aliphatic carbocycles. The van der Waals surface area contributed by atoms with Crippen molar-refractivity contribution in [2.75, 3.05) is 11.5 Å². The van der Waals surface area contributed by atoms with Crippen LogP contribution in [-0.2, 0) is 35.1 Å². The quantitative estimate of drug-likeness (QED) is 0.0161. The molecule has 1 aromatic heterocycles. The number of aliphatic hydroxyl groups excluding tert-OH is 2. The maximum Gasteiger partial charge on any atom is 0.419 e. The molecule has 5 rings (SSSR count). The van der Waals surface area contributed by atoms with Gasteiger partial charge in [0.05, 0.1) is 41.4 Å². The molecule has 67 heavy (non-hydrogen) atoms. The monoisotopic (exact) mass is 950 g/mol. The Labute approximate surface area is 402 Å². The number of carbonyl (C=O) groups excluding carboxylic acids is 4. The first-order chi connectivity index (χ1) is 31.9. The summed E-state index contributed by atoms with van der Waals surface area (Å²) in [6.45, 7) is 8.65. The summed E-state index contributed by atoms with van der Waals surface area (Å²) in [6, 6.07) is 34.5. The molecule has 5 aromatic rings. The SMILES string of the molecule is CC(C)[C@@H](NC(=O)[C@@H](CS)NC(=O)[C@@H](Cc1cn(C(=O)OC(C)(C)C)c2ccccc12)NC(=O)C[C@H](O)/C=C/CCSC(c1ccccc1)(c1ccccc1)c1ccccc1)[C@@H](O)CC(=O)O. The predicted octanol–water partition coefficient (Wildman–Crippen LogP) is 7.27. The number of hydrogen-bond donors (Lipinski definition) is 7. The summed E-state index contributed by atoms with van der Waals surface area (Å²) in [6.07, 6.45) is 1.14. The van der Waals surface area contributed by atoms with Crippen LogP contribution in [0.15, 0.2) is 134 Å². The Morgan fingerprint density at radius 2 is 1.28 bits per heavy atom. The minimum absolute atomic E-state index is 0.129. The predicted molar refractivity (Wildman–Crippen MR) is 266 cm³/mol. The first-order valence-corrected chi connectivity index (χ1v) is 23.9. The molecule has 0 aliphatic heterocycles. The Bertz CT molecular complexity index is 2360. The molecule has 3 amide bonds. The molecule has 356 valence electrons. The highest BCUT2D eigenvalue weighted by molar-refractivity contribution is 8.00. The van der Waals surface area contributed by atoms with Gasteiger partial charge in [0.2, 0.25) is 17.7 Å². The Balaban J connectivity index is 1.34. The van der Waals surface area contributed by atoms with Crippen molar-refractivity contribution >= 4 is 65.1 Å². The largest absolute Gasteiger partial charge is 0.481 e. The van der Waals surface area contributed by atoms with E-state index in [0.717, 1.165) is 16.7 Å². The fraction of sp³-hybridized carbons (Fsp3) is 0.365. The molecule has 0 saturated carbocycles. The van der Waals surface area contributed by atoms with E-state index >= 15 is 0 Å². The molecule has 4 aromatic carbocycles. The van der Waals surface area contributed by atoms with Gasteiger partial charge in [-0.1, -0.05) is 135 Å². The number of ether oxygens (including phenoxy) is 1. The normalized spacial score (nSPS) is 14.2. The van der Waals surface area contributed by atoms with E-state index in [-0.39, 0.29) is 24.5 Å². The lowest BCUT2D eigenvalue weighted by molar-refractivity contribution is -0.140. The summed E-state index contributed by atoms with van der Waals surface area (Å²) >= 11 is 6.08. The Hall–Kier alpha value is -5.87. The van der Waals surface area contributed by atoms with Crippen LogP contribution in [0.4, 0.5) is 4.79 Å². The molecule has 0 aliphatic rings. The molecular weight excluding hydrogens is 889 g/mol. The van der Waals surface area contributed by atoms with E-state index in [2.05, 4.69) is 65.0 Å². The van der Waals surface area contributed by atoms with Crippen molar-refractivity contribution in [1.82, 2.24) is 20.5 Å². The number of nitrogens with zero attached hydrogens (tertiary/aromatic N) is 1. The maximum absolute atomic E-state index is 14.2. The van der Waals surface area contributed by atoms with Crippen LogP contribution in [0.2, 0.25) is 0 Å². The minimum atomic E-state index is -1.40. The van der Waals surface area contributed by atoms with Gasteiger partial charge in [0.25, 0.3) is 0 Å². The second-order valence-corrected chi connectivity index (χ2v) is 19.3. The number of allylic oxidation sites excluding steroid dienone is 1. The van der Waals surface area contributed by atoms with Crippen LogP contribution >= 0.6 is 24.4 Å². The molecule has 6 N–H and O–H groups in total. The van der Waals surface area contributed by atoms with Crippen molar-refractivity contribution in [2.45, 2.75) is 101 Å². The summed E-state index contributed by atoms with van der Waals surface area (Å²) in [7, 11) is 0. The molecule has 5 atom stereocenters. The first-order valence-electron chi connectivity index (χ1n) is 22.3. The highest BCUT2D eigenvalue weighted by Crippen LogP contribution is 2.48.